The minimum absolute atomic E-state index is 0.0316. The first-order valence-electron chi connectivity index (χ1n) is 6.51. The summed E-state index contributed by atoms with van der Waals surface area (Å²) < 4.78 is 13.3. The molecule has 0 aliphatic carbocycles. The zero-order chi connectivity index (χ0) is 14.4. The maximum atomic E-state index is 13.3. The average Bonchev–Trinajstić information content (AvgIpc) is 2.37. The Morgan fingerprint density at radius 2 is 2.00 bits per heavy atom. The van der Waals surface area contributed by atoms with Crippen LogP contribution in [0.5, 0.6) is 0 Å². The second-order valence-electron chi connectivity index (χ2n) is 4.47. The normalized spacial score (nSPS) is 10.8. The van der Waals surface area contributed by atoms with Crippen molar-refractivity contribution in [3.63, 3.8) is 0 Å². The maximum Gasteiger partial charge on any atom is 0.254 e. The Morgan fingerprint density at radius 3 is 2.47 bits per heavy atom. The number of aliphatic hydroxyl groups excluding tert-OH is 1. The fraction of sp³-hybridized carbons (Fsp3) is 0.500. The molecule has 1 aromatic rings. The lowest BCUT2D eigenvalue weighted by molar-refractivity contribution is 0.0622. The van der Waals surface area contributed by atoms with Crippen LogP contribution < -0.4 is 5.73 Å². The molecule has 0 aliphatic heterocycles. The summed E-state index contributed by atoms with van der Waals surface area (Å²) in [6.45, 7) is 4.08. The summed E-state index contributed by atoms with van der Waals surface area (Å²) in [5.74, 6) is -0.828. The third-order valence-electron chi connectivity index (χ3n) is 3.15. The van der Waals surface area contributed by atoms with Gasteiger partial charge in [0.25, 0.3) is 5.91 Å². The molecule has 0 aliphatic rings. The molecule has 0 spiro atoms. The van der Waals surface area contributed by atoms with Crippen LogP contribution in [0, 0.1) is 5.82 Å². The molecule has 3 N–H and O–H groups in total. The van der Waals surface area contributed by atoms with Crippen molar-refractivity contribution in [2.75, 3.05) is 18.9 Å². The molecule has 0 unspecified atom stereocenters. The van der Waals surface area contributed by atoms with Gasteiger partial charge in [-0.25, -0.2) is 4.39 Å². The first kappa shape index (κ1) is 15.4. The number of hydrogen-bond donors (Lipinski definition) is 2. The molecule has 4 nitrogen and oxygen atoms in total. The summed E-state index contributed by atoms with van der Waals surface area (Å²) in [6.07, 6.45) is 1.57. The summed E-state index contributed by atoms with van der Waals surface area (Å²) in [4.78, 5) is 14.0. The molecule has 5 heteroatoms. The minimum atomic E-state index is -0.531. The number of benzene rings is 1. The molecule has 19 heavy (non-hydrogen) atoms. The van der Waals surface area contributed by atoms with Crippen LogP contribution >= 0.6 is 0 Å². The highest BCUT2D eigenvalue weighted by Gasteiger charge is 2.22. The number of anilines is 1. The van der Waals surface area contributed by atoms with E-state index in [9.17, 15) is 9.18 Å². The van der Waals surface area contributed by atoms with Gasteiger partial charge in [0, 0.05) is 23.8 Å². The molecule has 1 aromatic carbocycles. The molecular formula is C14H21FN2O2. The first-order chi connectivity index (χ1) is 9.03. The summed E-state index contributed by atoms with van der Waals surface area (Å²) in [5.41, 5.74) is 5.99. The number of amides is 1. The number of halogens is 1. The van der Waals surface area contributed by atoms with Crippen molar-refractivity contribution < 1.29 is 14.3 Å². The Bertz CT molecular complexity index is 413. The van der Waals surface area contributed by atoms with E-state index in [0.717, 1.165) is 12.8 Å². The van der Waals surface area contributed by atoms with Gasteiger partial charge in [0.2, 0.25) is 0 Å². The summed E-state index contributed by atoms with van der Waals surface area (Å²) >= 11 is 0. The van der Waals surface area contributed by atoms with Crippen molar-refractivity contribution in [1.29, 1.82) is 0 Å². The summed E-state index contributed by atoms with van der Waals surface area (Å²) in [7, 11) is 0. The van der Waals surface area contributed by atoms with Crippen LogP contribution in [0.25, 0.3) is 0 Å². The Kier molecular flexibility index (Phi) is 5.76. The Hall–Kier alpha value is -1.62. The number of nitrogen functional groups attached to an aromatic ring is 1. The predicted octanol–water partition coefficient (Wildman–Crippen LogP) is 2.03. The van der Waals surface area contributed by atoms with E-state index in [-0.39, 0.29) is 36.4 Å². The van der Waals surface area contributed by atoms with Crippen LogP contribution in [-0.2, 0) is 0 Å². The highest BCUT2D eigenvalue weighted by Crippen LogP contribution is 2.17. The van der Waals surface area contributed by atoms with Gasteiger partial charge in [0.1, 0.15) is 5.82 Å². The lowest BCUT2D eigenvalue weighted by Crippen LogP contribution is -2.41. The number of carbonyl (C=O) groups is 1. The monoisotopic (exact) mass is 268 g/mol. The number of hydrogen-bond acceptors (Lipinski definition) is 3. The molecular weight excluding hydrogens is 247 g/mol. The SMILES string of the molecule is CCC(CC)N(CCO)C(=O)c1cc(N)cc(F)c1. The van der Waals surface area contributed by atoms with E-state index in [1.54, 1.807) is 4.90 Å². The number of carbonyl (C=O) groups excluding carboxylic acids is 1. The molecule has 0 bridgehead atoms. The first-order valence-corrected chi connectivity index (χ1v) is 6.51. The van der Waals surface area contributed by atoms with E-state index >= 15 is 0 Å². The van der Waals surface area contributed by atoms with Crippen LogP contribution in [0.4, 0.5) is 10.1 Å². The van der Waals surface area contributed by atoms with Crippen molar-refractivity contribution in [3.05, 3.63) is 29.6 Å². The van der Waals surface area contributed by atoms with Crippen molar-refractivity contribution >= 4 is 11.6 Å². The molecule has 0 saturated carbocycles. The fourth-order valence-electron chi connectivity index (χ4n) is 2.19. The van der Waals surface area contributed by atoms with Gasteiger partial charge >= 0.3 is 0 Å². The van der Waals surface area contributed by atoms with Crippen LogP contribution in [0.3, 0.4) is 0 Å². The molecule has 106 valence electrons. The lowest BCUT2D eigenvalue weighted by Gasteiger charge is -2.30. The number of rotatable bonds is 6. The van der Waals surface area contributed by atoms with Crippen LogP contribution in [0.2, 0.25) is 0 Å². The smallest absolute Gasteiger partial charge is 0.254 e. The largest absolute Gasteiger partial charge is 0.399 e. The van der Waals surface area contributed by atoms with Crippen LogP contribution in [0.1, 0.15) is 37.0 Å². The van der Waals surface area contributed by atoms with E-state index in [1.165, 1.54) is 18.2 Å². The Morgan fingerprint density at radius 1 is 1.37 bits per heavy atom. The van der Waals surface area contributed by atoms with Gasteiger partial charge in [-0.3, -0.25) is 4.79 Å². The van der Waals surface area contributed by atoms with Crippen LogP contribution in [-0.4, -0.2) is 35.1 Å². The standard InChI is InChI=1S/C14H21FN2O2/c1-3-13(4-2)17(5-6-18)14(19)10-7-11(15)9-12(16)8-10/h7-9,13,18H,3-6,16H2,1-2H3. The zero-order valence-electron chi connectivity index (χ0n) is 11.4. The zero-order valence-corrected chi connectivity index (χ0v) is 11.4. The molecule has 0 saturated heterocycles. The van der Waals surface area contributed by atoms with Crippen molar-refractivity contribution in [3.8, 4) is 0 Å². The topological polar surface area (TPSA) is 66.6 Å². The molecule has 0 radical (unpaired) electrons. The second-order valence-corrected chi connectivity index (χ2v) is 4.47. The van der Waals surface area contributed by atoms with Gasteiger partial charge in [-0.15, -0.1) is 0 Å². The molecule has 1 rings (SSSR count). The predicted molar refractivity (Wildman–Crippen MR) is 73.3 cm³/mol. The van der Waals surface area contributed by atoms with Crippen molar-refractivity contribution in [1.82, 2.24) is 4.90 Å². The average molecular weight is 268 g/mol. The molecule has 0 fully saturated rings. The molecule has 0 heterocycles. The molecule has 0 aromatic heterocycles. The van der Waals surface area contributed by atoms with Gasteiger partial charge < -0.3 is 15.7 Å². The maximum absolute atomic E-state index is 13.3. The van der Waals surface area contributed by atoms with E-state index in [4.69, 9.17) is 10.8 Å². The van der Waals surface area contributed by atoms with Gasteiger partial charge in [0.05, 0.1) is 6.61 Å². The van der Waals surface area contributed by atoms with Crippen molar-refractivity contribution in [2.45, 2.75) is 32.7 Å². The van der Waals surface area contributed by atoms with E-state index in [0.29, 0.717) is 0 Å². The number of nitrogens with two attached hydrogens (primary N) is 1. The fourth-order valence-corrected chi connectivity index (χ4v) is 2.19. The second kappa shape index (κ2) is 7.09. The number of aliphatic hydroxyl groups is 1. The third kappa shape index (κ3) is 3.92. The van der Waals surface area contributed by atoms with Crippen molar-refractivity contribution in [2.24, 2.45) is 0 Å². The van der Waals surface area contributed by atoms with Crippen LogP contribution in [0.15, 0.2) is 18.2 Å². The quantitative estimate of drug-likeness (QED) is 0.776. The molecule has 1 amide bonds. The van der Waals surface area contributed by atoms with Gasteiger partial charge in [-0.2, -0.15) is 0 Å². The highest BCUT2D eigenvalue weighted by atomic mass is 19.1. The van der Waals surface area contributed by atoms with E-state index in [1.807, 2.05) is 13.8 Å². The van der Waals surface area contributed by atoms with Gasteiger partial charge in [-0.1, -0.05) is 13.8 Å². The lowest BCUT2D eigenvalue weighted by atomic mass is 10.1. The van der Waals surface area contributed by atoms with Gasteiger partial charge in [0.15, 0.2) is 0 Å². The third-order valence-corrected chi connectivity index (χ3v) is 3.15. The number of nitrogens with zero attached hydrogens (tertiary/aromatic N) is 1. The Labute approximate surface area is 113 Å². The summed E-state index contributed by atoms with van der Waals surface area (Å²) in [5, 5.41) is 9.09. The van der Waals surface area contributed by atoms with Gasteiger partial charge in [-0.05, 0) is 31.0 Å². The highest BCUT2D eigenvalue weighted by molar-refractivity contribution is 5.95. The summed E-state index contributed by atoms with van der Waals surface area (Å²) in [6, 6.07) is 3.83. The Balaban J connectivity index is 3.04. The van der Waals surface area contributed by atoms with E-state index < -0.39 is 5.82 Å². The minimum Gasteiger partial charge on any atom is -0.399 e. The van der Waals surface area contributed by atoms with E-state index in [2.05, 4.69) is 0 Å². The molecule has 0 atom stereocenters.